The second-order valence-electron chi connectivity index (χ2n) is 4.91. The van der Waals surface area contributed by atoms with Gasteiger partial charge in [0.2, 0.25) is 0 Å². The van der Waals surface area contributed by atoms with Crippen molar-refractivity contribution in [2.45, 2.75) is 19.5 Å². The molecule has 0 saturated heterocycles. The Balaban J connectivity index is 1.99. The van der Waals surface area contributed by atoms with E-state index in [1.165, 1.54) is 12.1 Å². The molecule has 108 valence electrons. The van der Waals surface area contributed by atoms with Gasteiger partial charge in [0.05, 0.1) is 5.56 Å². The highest BCUT2D eigenvalue weighted by atomic mass is 19.4. The van der Waals surface area contributed by atoms with Crippen LogP contribution in [0.25, 0.3) is 11.1 Å². The number of alkyl halides is 3. The Morgan fingerprint density at radius 3 is 2.62 bits per heavy atom. The number of benzene rings is 2. The van der Waals surface area contributed by atoms with Crippen molar-refractivity contribution in [1.29, 1.82) is 0 Å². The van der Waals surface area contributed by atoms with Crippen molar-refractivity contribution < 1.29 is 17.6 Å². The van der Waals surface area contributed by atoms with Crippen LogP contribution in [0.4, 0.5) is 13.2 Å². The zero-order valence-electron chi connectivity index (χ0n) is 11.2. The summed E-state index contributed by atoms with van der Waals surface area (Å²) in [5, 5.41) is 0. The lowest BCUT2D eigenvalue weighted by Crippen LogP contribution is -2.09. The molecule has 0 N–H and O–H groups in total. The molecule has 3 aromatic rings. The molecule has 0 fully saturated rings. The predicted octanol–water partition coefficient (Wildman–Crippen LogP) is 4.75. The Kier molecular flexibility index (Phi) is 3.20. The summed E-state index contributed by atoms with van der Waals surface area (Å²) < 4.78 is 44.4. The molecule has 0 amide bonds. The summed E-state index contributed by atoms with van der Waals surface area (Å²) in [6.07, 6.45) is -4.36. The van der Waals surface area contributed by atoms with Crippen LogP contribution >= 0.6 is 0 Å². The van der Waals surface area contributed by atoms with E-state index in [0.29, 0.717) is 11.1 Å². The molecule has 0 spiro atoms. The number of nitrogens with zero attached hydrogens (tertiary/aromatic N) is 1. The number of hydrogen-bond donors (Lipinski definition) is 0. The molecule has 0 radical (unpaired) electrons. The van der Waals surface area contributed by atoms with Gasteiger partial charge < -0.3 is 4.42 Å². The Morgan fingerprint density at radius 1 is 1.10 bits per heavy atom. The van der Waals surface area contributed by atoms with Crippen LogP contribution in [0, 0.1) is 6.92 Å². The molecule has 1 heterocycles. The fourth-order valence-electron chi connectivity index (χ4n) is 2.27. The third-order valence-corrected chi connectivity index (χ3v) is 3.25. The van der Waals surface area contributed by atoms with Gasteiger partial charge in [0, 0.05) is 6.42 Å². The van der Waals surface area contributed by atoms with E-state index >= 15 is 0 Å². The Bertz CT molecular complexity index is 790. The minimum absolute atomic E-state index is 0.0173. The van der Waals surface area contributed by atoms with Gasteiger partial charge in [0.25, 0.3) is 0 Å². The summed E-state index contributed by atoms with van der Waals surface area (Å²) in [5.74, 6) is 0.285. The smallest absolute Gasteiger partial charge is 0.416 e. The number of hydrogen-bond acceptors (Lipinski definition) is 2. The zero-order valence-corrected chi connectivity index (χ0v) is 11.2. The molecule has 1 aromatic heterocycles. The molecule has 0 bridgehead atoms. The van der Waals surface area contributed by atoms with Crippen LogP contribution in [0.15, 0.2) is 46.9 Å². The molecule has 3 rings (SSSR count). The van der Waals surface area contributed by atoms with Gasteiger partial charge in [-0.05, 0) is 36.2 Å². The predicted molar refractivity (Wildman–Crippen MR) is 73.0 cm³/mol. The van der Waals surface area contributed by atoms with E-state index in [4.69, 9.17) is 4.42 Å². The quantitative estimate of drug-likeness (QED) is 0.681. The van der Waals surface area contributed by atoms with E-state index in [0.717, 1.165) is 11.6 Å². The summed E-state index contributed by atoms with van der Waals surface area (Å²) >= 11 is 0. The number of fused-ring (bicyclic) bond motifs is 1. The average Bonchev–Trinajstić information content (AvgIpc) is 2.79. The van der Waals surface area contributed by atoms with E-state index in [-0.39, 0.29) is 17.9 Å². The number of oxazole rings is 1. The number of halogens is 3. The van der Waals surface area contributed by atoms with Crippen molar-refractivity contribution in [1.82, 2.24) is 4.98 Å². The van der Waals surface area contributed by atoms with E-state index in [1.807, 2.05) is 19.1 Å². The van der Waals surface area contributed by atoms with Crippen molar-refractivity contribution in [2.24, 2.45) is 0 Å². The van der Waals surface area contributed by atoms with Crippen molar-refractivity contribution in [2.75, 3.05) is 0 Å². The maximum absolute atomic E-state index is 13.0. The molecular weight excluding hydrogens is 279 g/mol. The van der Waals surface area contributed by atoms with Gasteiger partial charge in [-0.3, -0.25) is 0 Å². The standard InChI is InChI=1S/C16H12F3NO/c1-10-6-7-14-13(8-10)20-15(21-14)9-11-4-2-3-5-12(11)16(17,18)19/h2-8H,9H2,1H3. The largest absolute Gasteiger partial charge is 0.440 e. The lowest BCUT2D eigenvalue weighted by atomic mass is 10.0. The molecule has 0 aliphatic carbocycles. The summed E-state index contributed by atoms with van der Waals surface area (Å²) in [6, 6.07) is 11.0. The average molecular weight is 291 g/mol. The maximum Gasteiger partial charge on any atom is 0.416 e. The Labute approximate surface area is 119 Å². The normalized spacial score (nSPS) is 12.0. The first kappa shape index (κ1) is 13.7. The third-order valence-electron chi connectivity index (χ3n) is 3.25. The molecule has 0 unspecified atom stereocenters. The van der Waals surface area contributed by atoms with E-state index in [9.17, 15) is 13.2 Å². The van der Waals surface area contributed by atoms with Gasteiger partial charge in [-0.2, -0.15) is 13.2 Å². The number of aryl methyl sites for hydroxylation is 1. The highest BCUT2D eigenvalue weighted by Gasteiger charge is 2.33. The van der Waals surface area contributed by atoms with E-state index < -0.39 is 11.7 Å². The minimum Gasteiger partial charge on any atom is -0.440 e. The van der Waals surface area contributed by atoms with Gasteiger partial charge in [0.1, 0.15) is 5.52 Å². The number of aromatic nitrogens is 1. The van der Waals surface area contributed by atoms with Crippen LogP contribution in [0.1, 0.15) is 22.6 Å². The lowest BCUT2D eigenvalue weighted by Gasteiger charge is -2.10. The van der Waals surface area contributed by atoms with Crippen LogP contribution in [0.5, 0.6) is 0 Å². The summed E-state index contributed by atoms with van der Waals surface area (Å²) in [4.78, 5) is 4.26. The third kappa shape index (κ3) is 2.77. The van der Waals surface area contributed by atoms with Crippen molar-refractivity contribution in [3.63, 3.8) is 0 Å². The molecular formula is C16H12F3NO. The van der Waals surface area contributed by atoms with Crippen LogP contribution < -0.4 is 0 Å². The second-order valence-corrected chi connectivity index (χ2v) is 4.91. The van der Waals surface area contributed by atoms with Crippen LogP contribution in [0.3, 0.4) is 0 Å². The highest BCUT2D eigenvalue weighted by Crippen LogP contribution is 2.33. The fourth-order valence-corrected chi connectivity index (χ4v) is 2.27. The van der Waals surface area contributed by atoms with Crippen molar-refractivity contribution in [3.8, 4) is 0 Å². The van der Waals surface area contributed by atoms with Crippen molar-refractivity contribution >= 4 is 11.1 Å². The molecule has 0 aliphatic rings. The molecule has 2 nitrogen and oxygen atoms in total. The Hall–Kier alpha value is -2.30. The molecule has 21 heavy (non-hydrogen) atoms. The Morgan fingerprint density at radius 2 is 1.86 bits per heavy atom. The monoisotopic (exact) mass is 291 g/mol. The first-order valence-electron chi connectivity index (χ1n) is 6.44. The fraction of sp³-hybridized carbons (Fsp3) is 0.188. The van der Waals surface area contributed by atoms with Gasteiger partial charge in [0.15, 0.2) is 11.5 Å². The SMILES string of the molecule is Cc1ccc2oc(Cc3ccccc3C(F)(F)F)nc2c1. The van der Waals surface area contributed by atoms with Crippen LogP contribution in [-0.4, -0.2) is 4.98 Å². The van der Waals surface area contributed by atoms with Crippen LogP contribution in [-0.2, 0) is 12.6 Å². The first-order valence-corrected chi connectivity index (χ1v) is 6.44. The van der Waals surface area contributed by atoms with Gasteiger partial charge >= 0.3 is 6.18 Å². The van der Waals surface area contributed by atoms with Gasteiger partial charge in [-0.1, -0.05) is 24.3 Å². The van der Waals surface area contributed by atoms with Crippen LogP contribution in [0.2, 0.25) is 0 Å². The minimum atomic E-state index is -4.38. The summed E-state index contributed by atoms with van der Waals surface area (Å²) in [6.45, 7) is 1.92. The summed E-state index contributed by atoms with van der Waals surface area (Å²) in [7, 11) is 0. The number of rotatable bonds is 2. The molecule has 0 atom stereocenters. The zero-order chi connectivity index (χ0) is 15.0. The molecule has 2 aromatic carbocycles. The second kappa shape index (κ2) is 4.91. The summed E-state index contributed by atoms with van der Waals surface area (Å²) in [5.41, 5.74) is 1.78. The van der Waals surface area contributed by atoms with E-state index in [2.05, 4.69) is 4.98 Å². The lowest BCUT2D eigenvalue weighted by molar-refractivity contribution is -0.138. The van der Waals surface area contributed by atoms with Gasteiger partial charge in [-0.25, -0.2) is 4.98 Å². The first-order chi connectivity index (χ1) is 9.93. The highest BCUT2D eigenvalue weighted by molar-refractivity contribution is 5.73. The molecule has 0 saturated carbocycles. The van der Waals surface area contributed by atoms with Crippen molar-refractivity contribution in [3.05, 3.63) is 65.0 Å². The topological polar surface area (TPSA) is 26.0 Å². The van der Waals surface area contributed by atoms with Gasteiger partial charge in [-0.15, -0.1) is 0 Å². The maximum atomic E-state index is 13.0. The van der Waals surface area contributed by atoms with E-state index in [1.54, 1.807) is 12.1 Å². The molecule has 0 aliphatic heterocycles. The molecule has 5 heteroatoms.